The summed E-state index contributed by atoms with van der Waals surface area (Å²) in [4.78, 5) is 0. The third kappa shape index (κ3) is 2.39. The van der Waals surface area contributed by atoms with Gasteiger partial charge < -0.3 is 10.1 Å². The minimum atomic E-state index is 0.685. The summed E-state index contributed by atoms with van der Waals surface area (Å²) in [7, 11) is 1.77. The van der Waals surface area contributed by atoms with E-state index in [4.69, 9.17) is 4.74 Å². The highest BCUT2D eigenvalue weighted by Gasteiger charge is 2.35. The maximum Gasteiger partial charge on any atom is 0.122 e. The molecular formula is C16H23NO. The van der Waals surface area contributed by atoms with Crippen LogP contribution in [0.15, 0.2) is 24.3 Å². The number of hydrogen-bond donors (Lipinski definition) is 1. The van der Waals surface area contributed by atoms with Gasteiger partial charge in [0.05, 0.1) is 7.11 Å². The molecule has 18 heavy (non-hydrogen) atoms. The van der Waals surface area contributed by atoms with E-state index in [1.807, 2.05) is 6.07 Å². The molecule has 0 heterocycles. The molecule has 98 valence electrons. The number of hydrogen-bond acceptors (Lipinski definition) is 2. The Morgan fingerprint density at radius 1 is 1.22 bits per heavy atom. The molecule has 0 bridgehead atoms. The van der Waals surface area contributed by atoms with Crippen LogP contribution in [0.3, 0.4) is 0 Å². The second-order valence-electron chi connectivity index (χ2n) is 5.90. The predicted molar refractivity (Wildman–Crippen MR) is 74.1 cm³/mol. The Bertz CT molecular complexity index is 407. The van der Waals surface area contributed by atoms with Crippen molar-refractivity contribution in [3.05, 3.63) is 29.8 Å². The molecule has 1 aromatic carbocycles. The highest BCUT2D eigenvalue weighted by molar-refractivity contribution is 5.37. The molecular weight excluding hydrogens is 222 g/mol. The summed E-state index contributed by atoms with van der Waals surface area (Å²) >= 11 is 0. The van der Waals surface area contributed by atoms with Gasteiger partial charge in [-0.1, -0.05) is 18.2 Å². The van der Waals surface area contributed by atoms with Crippen molar-refractivity contribution >= 4 is 0 Å². The topological polar surface area (TPSA) is 21.3 Å². The van der Waals surface area contributed by atoms with Crippen molar-refractivity contribution < 1.29 is 4.74 Å². The number of ether oxygens (including phenoxy) is 1. The number of rotatable bonds is 5. The van der Waals surface area contributed by atoms with Crippen LogP contribution in [0.2, 0.25) is 0 Å². The summed E-state index contributed by atoms with van der Waals surface area (Å²) in [6.07, 6.45) is 5.38. The predicted octanol–water partition coefficient (Wildman–Crippen LogP) is 3.33. The van der Waals surface area contributed by atoms with Crippen LogP contribution < -0.4 is 10.1 Å². The van der Waals surface area contributed by atoms with Gasteiger partial charge in [-0.3, -0.25) is 0 Å². The Morgan fingerprint density at radius 2 is 1.94 bits per heavy atom. The molecule has 2 aliphatic rings. The van der Waals surface area contributed by atoms with E-state index in [0.717, 1.165) is 17.7 Å². The van der Waals surface area contributed by atoms with E-state index < -0.39 is 0 Å². The van der Waals surface area contributed by atoms with Gasteiger partial charge in [-0.05, 0) is 56.1 Å². The van der Waals surface area contributed by atoms with E-state index >= 15 is 0 Å². The summed E-state index contributed by atoms with van der Waals surface area (Å²) in [5.74, 6) is 2.69. The molecule has 0 radical (unpaired) electrons. The molecule has 2 heteroatoms. The van der Waals surface area contributed by atoms with Crippen LogP contribution >= 0.6 is 0 Å². The van der Waals surface area contributed by atoms with Crippen molar-refractivity contribution in [1.82, 2.24) is 5.32 Å². The van der Waals surface area contributed by atoms with Crippen molar-refractivity contribution in [2.24, 2.45) is 5.92 Å². The molecule has 1 N–H and O–H groups in total. The summed E-state index contributed by atoms with van der Waals surface area (Å²) in [5, 5.41) is 3.77. The number of benzene rings is 1. The monoisotopic (exact) mass is 245 g/mol. The van der Waals surface area contributed by atoms with Crippen molar-refractivity contribution in [3.63, 3.8) is 0 Å². The molecule has 0 saturated heterocycles. The van der Waals surface area contributed by atoms with Gasteiger partial charge in [-0.15, -0.1) is 0 Å². The van der Waals surface area contributed by atoms with E-state index in [1.54, 1.807) is 7.11 Å². The van der Waals surface area contributed by atoms with Crippen LogP contribution in [-0.4, -0.2) is 19.2 Å². The van der Waals surface area contributed by atoms with Gasteiger partial charge in [0, 0.05) is 12.1 Å². The molecule has 1 aromatic rings. The smallest absolute Gasteiger partial charge is 0.122 e. The van der Waals surface area contributed by atoms with E-state index in [-0.39, 0.29) is 0 Å². The first-order chi connectivity index (χ1) is 8.78. The van der Waals surface area contributed by atoms with Crippen LogP contribution in [0.1, 0.15) is 44.1 Å². The van der Waals surface area contributed by atoms with Crippen molar-refractivity contribution in [2.45, 2.75) is 50.6 Å². The van der Waals surface area contributed by atoms with E-state index in [0.29, 0.717) is 12.0 Å². The molecule has 0 amide bonds. The lowest BCUT2D eigenvalue weighted by Crippen LogP contribution is -2.45. The van der Waals surface area contributed by atoms with E-state index in [2.05, 4.69) is 30.4 Å². The van der Waals surface area contributed by atoms with Crippen molar-refractivity contribution in [2.75, 3.05) is 7.11 Å². The molecule has 2 fully saturated rings. The largest absolute Gasteiger partial charge is 0.496 e. The Balaban J connectivity index is 1.54. The molecule has 2 saturated carbocycles. The average Bonchev–Trinajstić information content (AvgIpc) is 3.17. The Labute approximate surface area is 110 Å². The molecule has 0 aliphatic heterocycles. The first-order valence-corrected chi connectivity index (χ1v) is 7.17. The van der Waals surface area contributed by atoms with Gasteiger partial charge in [0.25, 0.3) is 0 Å². The molecule has 1 atom stereocenters. The maximum atomic E-state index is 5.45. The summed E-state index contributed by atoms with van der Waals surface area (Å²) < 4.78 is 5.45. The molecule has 3 rings (SSSR count). The van der Waals surface area contributed by atoms with Crippen LogP contribution in [0.25, 0.3) is 0 Å². The van der Waals surface area contributed by atoms with E-state index in [1.165, 1.54) is 31.2 Å². The van der Waals surface area contributed by atoms with Gasteiger partial charge in [0.15, 0.2) is 0 Å². The number of methoxy groups -OCH3 is 1. The van der Waals surface area contributed by atoms with Crippen LogP contribution in [0.5, 0.6) is 5.75 Å². The highest BCUT2D eigenvalue weighted by atomic mass is 16.5. The first kappa shape index (κ1) is 12.0. The van der Waals surface area contributed by atoms with Gasteiger partial charge in [0.2, 0.25) is 0 Å². The zero-order chi connectivity index (χ0) is 12.5. The second kappa shape index (κ2) is 4.93. The van der Waals surface area contributed by atoms with Crippen molar-refractivity contribution in [1.29, 1.82) is 0 Å². The normalized spacial score (nSPS) is 28.6. The summed E-state index contributed by atoms with van der Waals surface area (Å²) in [5.41, 5.74) is 1.39. The lowest BCUT2D eigenvalue weighted by atomic mass is 9.75. The lowest BCUT2D eigenvalue weighted by molar-refractivity contribution is 0.256. The minimum Gasteiger partial charge on any atom is -0.496 e. The number of para-hydroxylation sites is 1. The van der Waals surface area contributed by atoms with Gasteiger partial charge >= 0.3 is 0 Å². The average molecular weight is 245 g/mol. The molecule has 0 spiro atoms. The second-order valence-corrected chi connectivity index (χ2v) is 5.90. The van der Waals surface area contributed by atoms with Crippen LogP contribution in [-0.2, 0) is 0 Å². The highest BCUT2D eigenvalue weighted by Crippen LogP contribution is 2.42. The van der Waals surface area contributed by atoms with Gasteiger partial charge in [0.1, 0.15) is 5.75 Å². The third-order valence-corrected chi connectivity index (χ3v) is 4.54. The number of nitrogens with one attached hydrogen (secondary N) is 1. The Morgan fingerprint density at radius 3 is 2.61 bits per heavy atom. The van der Waals surface area contributed by atoms with Crippen LogP contribution in [0.4, 0.5) is 0 Å². The zero-order valence-electron chi connectivity index (χ0n) is 11.4. The lowest BCUT2D eigenvalue weighted by Gasteiger charge is -2.38. The SMILES string of the molecule is COc1ccccc1C1CC(NC(C)C2CC2)C1. The fourth-order valence-corrected chi connectivity index (χ4v) is 3.12. The Kier molecular flexibility index (Phi) is 3.29. The van der Waals surface area contributed by atoms with Crippen LogP contribution in [0, 0.1) is 5.92 Å². The molecule has 2 aliphatic carbocycles. The minimum absolute atomic E-state index is 0.685. The molecule has 0 aromatic heterocycles. The summed E-state index contributed by atoms with van der Waals surface area (Å²) in [6.45, 7) is 2.34. The fraction of sp³-hybridized carbons (Fsp3) is 0.625. The van der Waals surface area contributed by atoms with Crippen molar-refractivity contribution in [3.8, 4) is 5.75 Å². The fourth-order valence-electron chi connectivity index (χ4n) is 3.12. The van der Waals surface area contributed by atoms with E-state index in [9.17, 15) is 0 Å². The zero-order valence-corrected chi connectivity index (χ0v) is 11.4. The molecule has 1 unspecified atom stereocenters. The summed E-state index contributed by atoms with van der Waals surface area (Å²) in [6, 6.07) is 9.88. The Hall–Kier alpha value is -1.02. The standard InChI is InChI=1S/C16H23NO/c1-11(12-7-8-12)17-14-9-13(10-14)15-5-3-4-6-16(15)18-2/h3-6,11-14,17H,7-10H2,1-2H3. The van der Waals surface area contributed by atoms with Gasteiger partial charge in [-0.25, -0.2) is 0 Å². The van der Waals surface area contributed by atoms with Gasteiger partial charge in [-0.2, -0.15) is 0 Å². The first-order valence-electron chi connectivity index (χ1n) is 7.17. The third-order valence-electron chi connectivity index (χ3n) is 4.54. The molecule has 2 nitrogen and oxygen atoms in total. The quantitative estimate of drug-likeness (QED) is 0.859. The maximum absolute atomic E-state index is 5.45.